The van der Waals surface area contributed by atoms with Gasteiger partial charge in [0.2, 0.25) is 5.91 Å². The minimum absolute atomic E-state index is 0.0327. The maximum atomic E-state index is 12.7. The molecule has 148 valence electrons. The Labute approximate surface area is 161 Å². The first-order valence-electron chi connectivity index (χ1n) is 8.49. The molecule has 0 fully saturated rings. The summed E-state index contributed by atoms with van der Waals surface area (Å²) in [6, 6.07) is 10.2. The van der Waals surface area contributed by atoms with Gasteiger partial charge in [0.05, 0.1) is 12.7 Å². The van der Waals surface area contributed by atoms with E-state index < -0.39 is 11.7 Å². The molecule has 1 N–H and O–H groups in total. The number of aryl methyl sites for hydroxylation is 1. The highest BCUT2D eigenvalue weighted by atomic mass is 19.4. The van der Waals surface area contributed by atoms with Gasteiger partial charge in [-0.15, -0.1) is 6.42 Å². The van der Waals surface area contributed by atoms with E-state index in [-0.39, 0.29) is 25.5 Å². The number of benzene rings is 2. The lowest BCUT2D eigenvalue weighted by molar-refractivity contribution is -0.137. The van der Waals surface area contributed by atoms with Gasteiger partial charge in [-0.25, -0.2) is 0 Å². The van der Waals surface area contributed by atoms with Crippen LogP contribution in [0, 0.1) is 12.3 Å². The Morgan fingerprint density at radius 1 is 1.14 bits per heavy atom. The van der Waals surface area contributed by atoms with Crippen molar-refractivity contribution in [3.8, 4) is 23.8 Å². The van der Waals surface area contributed by atoms with Crippen LogP contribution in [-0.4, -0.2) is 19.6 Å². The average Bonchev–Trinajstić information content (AvgIpc) is 2.69. The summed E-state index contributed by atoms with van der Waals surface area (Å²) in [6.45, 7) is 0.151. The molecule has 0 aliphatic heterocycles. The van der Waals surface area contributed by atoms with Crippen molar-refractivity contribution in [2.24, 2.45) is 0 Å². The summed E-state index contributed by atoms with van der Waals surface area (Å²) in [6.07, 6.45) is 1.39. The van der Waals surface area contributed by atoms with E-state index in [2.05, 4.69) is 11.2 Å². The second-order valence-electron chi connectivity index (χ2n) is 5.95. The molecule has 0 radical (unpaired) electrons. The molecule has 28 heavy (non-hydrogen) atoms. The summed E-state index contributed by atoms with van der Waals surface area (Å²) in [5.74, 6) is 3.13. The third-order valence-corrected chi connectivity index (χ3v) is 3.92. The van der Waals surface area contributed by atoms with Gasteiger partial charge < -0.3 is 14.8 Å². The number of methoxy groups -OCH3 is 1. The summed E-state index contributed by atoms with van der Waals surface area (Å²) < 4.78 is 48.8. The van der Waals surface area contributed by atoms with Crippen molar-refractivity contribution >= 4 is 5.91 Å². The van der Waals surface area contributed by atoms with E-state index in [1.165, 1.54) is 19.2 Å². The second-order valence-corrected chi connectivity index (χ2v) is 5.95. The van der Waals surface area contributed by atoms with Crippen LogP contribution in [0.2, 0.25) is 0 Å². The number of halogens is 3. The quantitative estimate of drug-likeness (QED) is 0.693. The van der Waals surface area contributed by atoms with E-state index in [0.29, 0.717) is 23.5 Å². The third kappa shape index (κ3) is 6.23. The molecule has 7 heteroatoms. The van der Waals surface area contributed by atoms with E-state index in [1.807, 2.05) is 0 Å². The molecule has 4 nitrogen and oxygen atoms in total. The molecule has 2 aromatic rings. The zero-order chi connectivity index (χ0) is 20.6. The zero-order valence-corrected chi connectivity index (χ0v) is 15.3. The fourth-order valence-corrected chi connectivity index (χ4v) is 2.51. The Kier molecular flexibility index (Phi) is 7.33. The fraction of sp³-hybridized carbons (Fsp3) is 0.286. The van der Waals surface area contributed by atoms with E-state index >= 15 is 0 Å². The Morgan fingerprint density at radius 2 is 1.93 bits per heavy atom. The molecule has 2 aromatic carbocycles. The van der Waals surface area contributed by atoms with Gasteiger partial charge in [0.15, 0.2) is 11.5 Å². The predicted octanol–water partition coefficient (Wildman–Crippen LogP) is 3.98. The van der Waals surface area contributed by atoms with Crippen LogP contribution < -0.4 is 14.8 Å². The summed E-state index contributed by atoms with van der Waals surface area (Å²) in [5, 5.41) is 2.63. The predicted molar refractivity (Wildman–Crippen MR) is 98.9 cm³/mol. The minimum Gasteiger partial charge on any atom is -0.493 e. The summed E-state index contributed by atoms with van der Waals surface area (Å²) in [4.78, 5) is 12.0. The molecule has 1 amide bonds. The number of nitrogens with one attached hydrogen (secondary N) is 1. The number of terminal acetylenes is 1. The molecule has 2 rings (SSSR count). The molecule has 0 aliphatic carbocycles. The highest BCUT2D eigenvalue weighted by Crippen LogP contribution is 2.30. The first-order chi connectivity index (χ1) is 13.3. The Hall–Kier alpha value is -3.14. The lowest BCUT2D eigenvalue weighted by atomic mass is 10.1. The van der Waals surface area contributed by atoms with Gasteiger partial charge in [0.1, 0.15) is 6.61 Å². The monoisotopic (exact) mass is 391 g/mol. The van der Waals surface area contributed by atoms with Crippen LogP contribution in [0.5, 0.6) is 11.5 Å². The molecular formula is C21H20F3NO3. The lowest BCUT2D eigenvalue weighted by Gasteiger charge is -2.11. The smallest absolute Gasteiger partial charge is 0.416 e. The number of amides is 1. The highest BCUT2D eigenvalue weighted by Gasteiger charge is 2.30. The molecule has 0 aromatic heterocycles. The molecule has 0 aliphatic rings. The lowest BCUT2D eigenvalue weighted by Crippen LogP contribution is -2.23. The number of carbonyl (C=O) groups excluding carboxylic acids is 1. The van der Waals surface area contributed by atoms with Crippen LogP contribution in [0.25, 0.3) is 0 Å². The summed E-state index contributed by atoms with van der Waals surface area (Å²) in [5.41, 5.74) is 0.512. The van der Waals surface area contributed by atoms with E-state index in [0.717, 1.165) is 17.7 Å². The number of rotatable bonds is 8. The van der Waals surface area contributed by atoms with E-state index in [9.17, 15) is 18.0 Å². The number of hydrogen-bond acceptors (Lipinski definition) is 3. The topological polar surface area (TPSA) is 47.6 Å². The van der Waals surface area contributed by atoms with Crippen molar-refractivity contribution in [1.29, 1.82) is 0 Å². The first-order valence-corrected chi connectivity index (χ1v) is 8.49. The van der Waals surface area contributed by atoms with Crippen LogP contribution in [0.15, 0.2) is 42.5 Å². The molecule has 0 heterocycles. The normalized spacial score (nSPS) is 10.8. The maximum Gasteiger partial charge on any atom is 0.416 e. The van der Waals surface area contributed by atoms with Crippen molar-refractivity contribution in [2.45, 2.75) is 25.6 Å². The van der Waals surface area contributed by atoms with Gasteiger partial charge in [-0.2, -0.15) is 13.2 Å². The molecule has 0 atom stereocenters. The molecule has 0 saturated carbocycles. The number of alkyl halides is 3. The number of hydrogen-bond donors (Lipinski definition) is 1. The Morgan fingerprint density at radius 3 is 2.61 bits per heavy atom. The maximum absolute atomic E-state index is 12.7. The van der Waals surface area contributed by atoms with Crippen LogP contribution in [0.3, 0.4) is 0 Å². The average molecular weight is 391 g/mol. The van der Waals surface area contributed by atoms with Crippen LogP contribution in [0.1, 0.15) is 23.1 Å². The molecule has 0 saturated heterocycles. The first kappa shape index (κ1) is 21.2. The van der Waals surface area contributed by atoms with Crippen molar-refractivity contribution in [1.82, 2.24) is 5.32 Å². The molecule has 0 bridgehead atoms. The van der Waals surface area contributed by atoms with Crippen molar-refractivity contribution in [3.63, 3.8) is 0 Å². The standard InChI is InChI=1S/C21H20F3NO3/c1-3-11-28-18-9-7-15(13-19(18)27-2)8-10-20(26)25-14-16-5-4-6-17(12-16)21(22,23)24/h1,4-7,9,12-13H,8,10-11,14H2,2H3,(H,25,26). The Bertz CT molecular complexity index is 857. The van der Waals surface area contributed by atoms with Gasteiger partial charge in [-0.05, 0) is 41.8 Å². The molecule has 0 spiro atoms. The van der Waals surface area contributed by atoms with E-state index in [1.54, 1.807) is 18.2 Å². The molecule has 0 unspecified atom stereocenters. The van der Waals surface area contributed by atoms with Gasteiger partial charge in [-0.1, -0.05) is 24.1 Å². The zero-order valence-electron chi connectivity index (χ0n) is 15.3. The SMILES string of the molecule is C#CCOc1ccc(CCC(=O)NCc2cccc(C(F)(F)F)c2)cc1OC. The van der Waals surface area contributed by atoms with Crippen molar-refractivity contribution in [2.75, 3.05) is 13.7 Å². The molecular weight excluding hydrogens is 371 g/mol. The fourth-order valence-electron chi connectivity index (χ4n) is 2.51. The van der Waals surface area contributed by atoms with Crippen molar-refractivity contribution < 1.29 is 27.4 Å². The summed E-state index contributed by atoms with van der Waals surface area (Å²) >= 11 is 0. The minimum atomic E-state index is -4.41. The van der Waals surface area contributed by atoms with Gasteiger partial charge in [0, 0.05) is 13.0 Å². The van der Waals surface area contributed by atoms with Gasteiger partial charge in [0.25, 0.3) is 0 Å². The van der Waals surface area contributed by atoms with E-state index in [4.69, 9.17) is 15.9 Å². The van der Waals surface area contributed by atoms with Crippen LogP contribution in [-0.2, 0) is 23.9 Å². The summed E-state index contributed by atoms with van der Waals surface area (Å²) in [7, 11) is 1.50. The third-order valence-electron chi connectivity index (χ3n) is 3.92. The largest absolute Gasteiger partial charge is 0.493 e. The van der Waals surface area contributed by atoms with Crippen LogP contribution >= 0.6 is 0 Å². The van der Waals surface area contributed by atoms with Gasteiger partial charge >= 0.3 is 6.18 Å². The van der Waals surface area contributed by atoms with Crippen LogP contribution in [0.4, 0.5) is 13.2 Å². The Balaban J connectivity index is 1.88. The number of carbonyl (C=O) groups is 1. The second kappa shape index (κ2) is 9.70. The van der Waals surface area contributed by atoms with Crippen molar-refractivity contribution in [3.05, 3.63) is 59.2 Å². The number of ether oxygens (including phenoxy) is 2. The van der Waals surface area contributed by atoms with Gasteiger partial charge in [-0.3, -0.25) is 4.79 Å². The highest BCUT2D eigenvalue weighted by molar-refractivity contribution is 5.76.